The average molecular weight is 2110 g/mol. The monoisotopic (exact) mass is 2110 g/mol. The van der Waals surface area contributed by atoms with Gasteiger partial charge in [-0.2, -0.15) is 0 Å². The number of rotatable bonds is 36. The van der Waals surface area contributed by atoms with Crippen LogP contribution in [0.15, 0.2) is 79.8 Å². The van der Waals surface area contributed by atoms with Gasteiger partial charge in [0.05, 0.1) is 24.4 Å². The van der Waals surface area contributed by atoms with Crippen molar-refractivity contribution in [3.63, 3.8) is 0 Å². The van der Waals surface area contributed by atoms with Gasteiger partial charge in [-0.05, 0) is 404 Å². The van der Waals surface area contributed by atoms with Crippen molar-refractivity contribution in [2.24, 2.45) is 92.7 Å². The predicted octanol–water partition coefficient (Wildman–Crippen LogP) is 28.9. The minimum absolute atomic E-state index is 0.00555. The quantitative estimate of drug-likeness (QED) is 0.0148. The lowest BCUT2D eigenvalue weighted by Crippen LogP contribution is -2.47. The molecule has 10 aliphatic rings. The van der Waals surface area contributed by atoms with E-state index in [4.69, 9.17) is 29.9 Å². The van der Waals surface area contributed by atoms with Crippen LogP contribution in [0.2, 0.25) is 36.3 Å². The van der Waals surface area contributed by atoms with E-state index in [1.807, 2.05) is 40.7 Å². The number of carboxylic acids is 1. The number of amides is 2. The summed E-state index contributed by atoms with van der Waals surface area (Å²) in [5.74, 6) is 9.41. The molecule has 0 aromatic carbocycles. The van der Waals surface area contributed by atoms with Crippen LogP contribution in [0.4, 0.5) is 0 Å². The normalized spacial score (nSPS) is 33.3. The Kier molecular flexibility index (Phi) is 46.4. The number of fused-ring (bicyclic) bond motifs is 4. The van der Waals surface area contributed by atoms with E-state index in [0.29, 0.717) is 128 Å². The molecule has 9 saturated carbocycles. The Morgan fingerprint density at radius 1 is 0.556 bits per heavy atom. The van der Waals surface area contributed by atoms with E-state index >= 15 is 0 Å². The summed E-state index contributed by atoms with van der Waals surface area (Å²) in [5.41, 5.74) is 4.81. The number of carboxylic acid groups (broad SMARTS) is 1. The van der Waals surface area contributed by atoms with Crippen molar-refractivity contribution in [2.45, 2.75) is 480 Å². The van der Waals surface area contributed by atoms with Crippen LogP contribution in [0.3, 0.4) is 0 Å². The van der Waals surface area contributed by atoms with Crippen LogP contribution in [0, 0.1) is 105 Å². The lowest BCUT2D eigenvalue weighted by atomic mass is 9.60. The molecule has 6 N–H and O–H groups in total. The Bertz CT molecular complexity index is 4030. The molecule has 0 spiro atoms. The van der Waals surface area contributed by atoms with Crippen molar-refractivity contribution >= 4 is 88.2 Å². The minimum Gasteiger partial charge on any atom is -0.479 e. The number of ether oxygens (including phenoxy) is 2. The molecule has 16 nitrogen and oxygen atoms in total. The molecule has 21 heteroatoms. The number of aliphatic hydroxyl groups excluding tert-OH is 2. The maximum absolute atomic E-state index is 12.7. The van der Waals surface area contributed by atoms with E-state index in [9.17, 15) is 44.7 Å². The summed E-state index contributed by atoms with van der Waals surface area (Å²) in [6, 6.07) is 0. The van der Waals surface area contributed by atoms with Crippen molar-refractivity contribution in [3.05, 3.63) is 79.8 Å². The first-order chi connectivity index (χ1) is 62.7. The summed E-state index contributed by atoms with van der Waals surface area (Å²) in [7, 11) is -3.70. The maximum atomic E-state index is 12.7. The summed E-state index contributed by atoms with van der Waals surface area (Å²) in [5, 5.41) is 61.0. The fraction of sp³-hybridized carbons (Fsp3) is 0.825. The van der Waals surface area contributed by atoms with E-state index in [-0.39, 0.29) is 45.5 Å². The Morgan fingerprint density at radius 3 is 1.21 bits per heavy atom. The molecule has 1 aliphatic heterocycles. The summed E-state index contributed by atoms with van der Waals surface area (Å²) < 4.78 is 24.0. The highest BCUT2D eigenvalue weighted by molar-refractivity contribution is 9.11. The Balaban J connectivity index is 0.000000262. The zero-order valence-electron chi connectivity index (χ0n) is 90.0. The molecule has 4 unspecified atom stereocenters. The first-order valence-corrected chi connectivity index (χ1v) is 61.9. The third-order valence-electron chi connectivity index (χ3n) is 37.1. The topological polar surface area (TPSA) is 233 Å². The molecule has 0 aromatic rings. The highest BCUT2D eigenvalue weighted by atomic mass is 79.9. The number of cyclic esters (lactones) is 1. The van der Waals surface area contributed by atoms with Gasteiger partial charge >= 0.3 is 11.9 Å². The number of aliphatic carboxylic acids is 1. The molecular formula is C114H195Br3N2O14Si2. The molecule has 10 rings (SSSR count). The predicted molar refractivity (Wildman–Crippen MR) is 575 cm³/mol. The van der Waals surface area contributed by atoms with Gasteiger partial charge < -0.3 is 58.8 Å². The smallest absolute Gasteiger partial charge is 0.340 e. The highest BCUT2D eigenvalue weighted by Gasteiger charge is 2.56. The van der Waals surface area contributed by atoms with Gasteiger partial charge in [-0.25, -0.2) is 9.59 Å². The standard InChI is InChI=1S/C31H51NO4.C23H40BrNO2.C21H33BrO3.C20H40O2Si2.C19H31BrO3/c1-7-32(8-2)29(35)31(6,36)18-9-11-21(3)26-15-16-27-23(12-10-17-30(26,27)5)13-14-24-19-25(33)20-28(34)22(24)4;1-6-25(7-2)21(26)23(5,27)15-8-10-17(3)19-12-13-20-18(16-24)11-9-14-22(19,20)4;1-14(7-5-12-21(4)19(23)24-15(2)25-21)17-9-10-18-16(13-22)8-6-11-20(17,18)3;1-13-15-18(22-24(11,12)20(6,7)8)16-17(14-2)21-23(9,10)19(3,4)5;1-13(6-4-11-19(3,23)17(21)22)15-8-9-16-14(12-20)7-5-10-18(15,16)2/h13-14,21,25-28,33-34,36H,4,7-12,15-20H2,1-3,5-6H3;16-17,19-20,27H,6-15H2,1-5H3;13-15,17-18H,5-12H2,1-4H3;1,14,17-18H,2,15-16H2,3-12H3;12-13,15-16,23H,4-11H2,1-3H3,(H,21,22)/b23-13+,24-14-;18-16+;16-13+;;14-12+/t21-,25-,26-,27?,28+,30-,31-;17-,19-,20?,22-,23-;14-,15-,17-,18?,20-,21-;17-,18-;13-,15-,16?,18-,19-/m11111/s1. The van der Waals surface area contributed by atoms with E-state index in [0.717, 1.165) is 99.0 Å². The molecule has 135 heavy (non-hydrogen) atoms. The summed E-state index contributed by atoms with van der Waals surface area (Å²) in [4.78, 5) is 58.2. The number of hydrogen-bond donors (Lipinski definition) is 6. The number of allylic oxidation sites excluding steroid dienone is 6. The van der Waals surface area contributed by atoms with E-state index in [1.54, 1.807) is 47.3 Å². The maximum Gasteiger partial charge on any atom is 0.340 e. The molecule has 25 atom stereocenters. The van der Waals surface area contributed by atoms with Crippen LogP contribution in [0.5, 0.6) is 0 Å². The molecule has 1 heterocycles. The number of hydrogen-bond acceptors (Lipinski definition) is 13. The van der Waals surface area contributed by atoms with Crippen molar-refractivity contribution < 1.29 is 68.1 Å². The Hall–Kier alpha value is -2.83. The minimum atomic E-state index is -1.85. The molecule has 0 bridgehead atoms. The summed E-state index contributed by atoms with van der Waals surface area (Å²) in [6.45, 7) is 69.0. The fourth-order valence-corrected chi connectivity index (χ4v) is 31.1. The van der Waals surface area contributed by atoms with E-state index in [1.165, 1.54) is 141 Å². The van der Waals surface area contributed by atoms with Crippen LogP contribution >= 0.6 is 47.8 Å². The van der Waals surface area contributed by atoms with Gasteiger partial charge in [0.15, 0.2) is 27.8 Å². The SMILES string of the molecule is C#CC[C@H](C[C@@H](C=C)O[Si](C)(C)C(C)(C)C)O[Si](C)(C)C(C)(C)C.C=C1/C(=C\C=C2/CCC[C@@]3(C)C2CC[C@@H]3[C@H](C)CCC[C@@](C)(O)C(=O)N(CC)CC)C[C@@H](O)C[C@@H]1O.CCN(CC)C(=O)[C@](C)(O)CCC[C@@H](C)[C@H]1CCC2/C(=C/Br)CCC[C@@]21C.C[C@@H]1OC(=O)[C@@](C)(CCC[C@@H](C)[C@H]2CCC3/C(=C/Br)CCC[C@@]32C)O1.C[C@H](CCC[C@@](C)(O)C(=O)O)[C@H]1CCC2/C(=C/Br)CCC[C@@]21C. The zero-order chi connectivity index (χ0) is 102. The van der Waals surface area contributed by atoms with Gasteiger partial charge in [-0.3, -0.25) is 9.59 Å². The number of likely N-dealkylation sites (N-methyl/N-ethyl adjacent to an activating group) is 2. The molecule has 10 fully saturated rings. The molecule has 0 aromatic heterocycles. The van der Waals surface area contributed by atoms with Crippen molar-refractivity contribution in [1.29, 1.82) is 0 Å². The van der Waals surface area contributed by atoms with Gasteiger partial charge in [-0.1, -0.05) is 218 Å². The van der Waals surface area contributed by atoms with Gasteiger partial charge in [0.25, 0.3) is 11.8 Å². The molecule has 774 valence electrons. The van der Waals surface area contributed by atoms with Crippen LogP contribution in [0.1, 0.15) is 390 Å². The molecule has 1 saturated heterocycles. The van der Waals surface area contributed by atoms with Gasteiger partial charge in [-0.15, -0.1) is 18.9 Å². The third kappa shape index (κ3) is 30.9. The lowest BCUT2D eigenvalue weighted by molar-refractivity contribution is -0.157. The number of halogens is 3. The first-order valence-electron chi connectivity index (χ1n) is 53.4. The van der Waals surface area contributed by atoms with E-state index in [2.05, 4.69) is 217 Å². The molecular weight excluding hydrogens is 1920 g/mol. The number of esters is 1. The highest BCUT2D eigenvalue weighted by Crippen LogP contribution is 2.65. The van der Waals surface area contributed by atoms with Crippen LogP contribution in [0.25, 0.3) is 0 Å². The largest absolute Gasteiger partial charge is 0.479 e. The van der Waals surface area contributed by atoms with Crippen LogP contribution < -0.4 is 0 Å². The number of nitrogens with zero attached hydrogens (tertiary/aromatic N) is 2. The number of carbonyl (C=O) groups excluding carboxylic acids is 3. The summed E-state index contributed by atoms with van der Waals surface area (Å²) in [6.07, 6.45) is 48.4. The summed E-state index contributed by atoms with van der Waals surface area (Å²) >= 11 is 10.8. The molecule has 2 amide bonds. The third-order valence-corrected chi connectivity index (χ3v) is 47.9. The Labute approximate surface area is 850 Å². The van der Waals surface area contributed by atoms with Gasteiger partial charge in [0.2, 0.25) is 6.29 Å². The van der Waals surface area contributed by atoms with Crippen molar-refractivity contribution in [3.8, 4) is 12.3 Å². The van der Waals surface area contributed by atoms with Gasteiger partial charge in [0, 0.05) is 45.4 Å². The number of aliphatic hydroxyl groups is 5. The molecule has 0 radical (unpaired) electrons. The fourth-order valence-electron chi connectivity index (χ4n) is 26.8. The van der Waals surface area contributed by atoms with E-state index < -0.39 is 63.5 Å². The molecule has 9 aliphatic carbocycles. The second kappa shape index (κ2) is 51.8. The average Bonchev–Trinajstić information content (AvgIpc) is 1.62. The van der Waals surface area contributed by atoms with Crippen molar-refractivity contribution in [2.75, 3.05) is 26.2 Å². The number of carbonyl (C=O) groups is 4. The number of terminal acetylenes is 1. The second-order valence-corrected chi connectivity index (χ2v) is 59.6. The van der Waals surface area contributed by atoms with Crippen LogP contribution in [-0.2, 0) is 37.5 Å². The van der Waals surface area contributed by atoms with Gasteiger partial charge in [0.1, 0.15) is 11.2 Å². The van der Waals surface area contributed by atoms with Crippen LogP contribution in [-0.4, -0.2) is 160 Å². The second-order valence-electron chi connectivity index (χ2n) is 48.7. The first kappa shape index (κ1) is 121. The lowest BCUT2D eigenvalue weighted by Gasteiger charge is -2.44. The van der Waals surface area contributed by atoms with Crippen molar-refractivity contribution in [1.82, 2.24) is 9.80 Å². The Morgan fingerprint density at radius 2 is 0.896 bits per heavy atom. The zero-order valence-corrected chi connectivity index (χ0v) is 96.8.